The van der Waals surface area contributed by atoms with Crippen LogP contribution in [0.4, 0.5) is 0 Å². The summed E-state index contributed by atoms with van der Waals surface area (Å²) in [4.78, 5) is 0. The Morgan fingerprint density at radius 2 is 2.08 bits per heavy atom. The Bertz CT molecular complexity index is 260. The number of hydrogen-bond acceptors (Lipinski definition) is 1. The maximum absolute atomic E-state index is 3.61. The van der Waals surface area contributed by atoms with E-state index in [0.29, 0.717) is 5.92 Å². The molecule has 1 aromatic rings. The van der Waals surface area contributed by atoms with E-state index in [1.165, 1.54) is 10.8 Å². The van der Waals surface area contributed by atoms with E-state index in [1.807, 2.05) is 6.07 Å². The van der Waals surface area contributed by atoms with Gasteiger partial charge in [-0.25, -0.2) is 0 Å². The lowest BCUT2D eigenvalue weighted by molar-refractivity contribution is 0.637. The minimum Gasteiger partial charge on any atom is -0.316 e. The summed E-state index contributed by atoms with van der Waals surface area (Å²) >= 11 is 0. The third-order valence-corrected chi connectivity index (χ3v) is 2.65. The number of rotatable bonds is 4. The smallest absolute Gasteiger partial charge is 0.0715 e. The second-order valence-corrected chi connectivity index (χ2v) is 3.83. The summed E-state index contributed by atoms with van der Waals surface area (Å²) in [6.45, 7) is 6.44. The molecule has 0 aliphatic heterocycles. The summed E-state index contributed by atoms with van der Waals surface area (Å²) in [5.74, 6) is 0.564. The van der Waals surface area contributed by atoms with Crippen molar-refractivity contribution in [1.29, 1.82) is 0 Å². The molecular weight excluding hydrogens is 174 g/mol. The molecule has 0 heterocycles. The van der Waals surface area contributed by atoms with Crippen LogP contribution in [0.1, 0.15) is 25.3 Å². The lowest BCUT2D eigenvalue weighted by atomic mass is 10.0. The van der Waals surface area contributed by atoms with Crippen molar-refractivity contribution in [2.45, 2.75) is 19.8 Å². The second-order valence-electron chi connectivity index (χ2n) is 3.30. The average Bonchev–Trinajstić information content (AvgIpc) is 2.15. The van der Waals surface area contributed by atoms with Crippen molar-refractivity contribution in [2.75, 3.05) is 13.1 Å². The van der Waals surface area contributed by atoms with Crippen molar-refractivity contribution in [1.82, 2.24) is 5.32 Å². The molecular formula is C11H16NSi. The van der Waals surface area contributed by atoms with Crippen molar-refractivity contribution in [3.63, 3.8) is 0 Å². The molecule has 0 bridgehead atoms. The zero-order chi connectivity index (χ0) is 9.68. The molecule has 0 spiro atoms. The Labute approximate surface area is 84.0 Å². The van der Waals surface area contributed by atoms with Crippen LogP contribution < -0.4 is 10.5 Å². The Balaban J connectivity index is 2.65. The van der Waals surface area contributed by atoms with E-state index in [2.05, 4.69) is 47.6 Å². The first-order valence-electron chi connectivity index (χ1n) is 4.77. The van der Waals surface area contributed by atoms with Gasteiger partial charge >= 0.3 is 0 Å². The fourth-order valence-corrected chi connectivity index (χ4v) is 1.82. The summed E-state index contributed by atoms with van der Waals surface area (Å²) in [7, 11) is 3.61. The SMILES string of the molecule is CCNCC(C)c1ccccc1[Si]. The van der Waals surface area contributed by atoms with Gasteiger partial charge in [-0.1, -0.05) is 43.3 Å². The van der Waals surface area contributed by atoms with Gasteiger partial charge in [-0.3, -0.25) is 0 Å². The topological polar surface area (TPSA) is 12.0 Å². The van der Waals surface area contributed by atoms with Crippen LogP contribution in [-0.2, 0) is 0 Å². The van der Waals surface area contributed by atoms with Gasteiger partial charge in [-0.2, -0.15) is 0 Å². The molecule has 1 N–H and O–H groups in total. The Morgan fingerprint density at radius 3 is 2.69 bits per heavy atom. The Kier molecular flexibility index (Phi) is 4.19. The summed E-state index contributed by atoms with van der Waals surface area (Å²) in [5, 5.41) is 4.55. The van der Waals surface area contributed by atoms with E-state index in [-0.39, 0.29) is 0 Å². The first kappa shape index (κ1) is 10.5. The first-order valence-corrected chi connectivity index (χ1v) is 5.27. The quantitative estimate of drug-likeness (QED) is 0.703. The molecule has 1 atom stereocenters. The molecule has 3 radical (unpaired) electrons. The molecule has 0 saturated carbocycles. The summed E-state index contributed by atoms with van der Waals surface area (Å²) in [6, 6.07) is 8.40. The number of likely N-dealkylation sites (N-methyl/N-ethyl adjacent to an activating group) is 1. The van der Waals surface area contributed by atoms with E-state index >= 15 is 0 Å². The second kappa shape index (κ2) is 5.20. The third-order valence-electron chi connectivity index (χ3n) is 2.19. The number of hydrogen-bond donors (Lipinski definition) is 1. The zero-order valence-electron chi connectivity index (χ0n) is 8.30. The molecule has 0 aliphatic carbocycles. The highest BCUT2D eigenvalue weighted by Crippen LogP contribution is 2.10. The molecule has 2 heteroatoms. The summed E-state index contributed by atoms with van der Waals surface area (Å²) in [5.41, 5.74) is 1.38. The van der Waals surface area contributed by atoms with Gasteiger partial charge in [0.15, 0.2) is 0 Å². The fraction of sp³-hybridized carbons (Fsp3) is 0.455. The Hall–Kier alpha value is -0.603. The van der Waals surface area contributed by atoms with Crippen LogP contribution in [-0.4, -0.2) is 23.3 Å². The van der Waals surface area contributed by atoms with Crippen molar-refractivity contribution in [3.8, 4) is 0 Å². The van der Waals surface area contributed by atoms with E-state index in [9.17, 15) is 0 Å². The minimum absolute atomic E-state index is 0.564. The fourth-order valence-electron chi connectivity index (χ4n) is 1.40. The summed E-state index contributed by atoms with van der Waals surface area (Å²) in [6.07, 6.45) is 0. The monoisotopic (exact) mass is 190 g/mol. The van der Waals surface area contributed by atoms with Crippen molar-refractivity contribution < 1.29 is 0 Å². The van der Waals surface area contributed by atoms with Crippen LogP contribution in [0, 0.1) is 0 Å². The highest BCUT2D eigenvalue weighted by atomic mass is 28.1. The van der Waals surface area contributed by atoms with Gasteiger partial charge in [0.05, 0.1) is 10.2 Å². The van der Waals surface area contributed by atoms with Gasteiger partial charge in [0.2, 0.25) is 0 Å². The van der Waals surface area contributed by atoms with Gasteiger partial charge < -0.3 is 5.32 Å². The van der Waals surface area contributed by atoms with Gasteiger partial charge in [-0.15, -0.1) is 0 Å². The zero-order valence-corrected chi connectivity index (χ0v) is 9.30. The molecule has 1 unspecified atom stereocenters. The molecule has 1 aromatic carbocycles. The Morgan fingerprint density at radius 1 is 1.38 bits per heavy atom. The van der Waals surface area contributed by atoms with Crippen LogP contribution in [0.25, 0.3) is 0 Å². The van der Waals surface area contributed by atoms with Crippen LogP contribution in [0.15, 0.2) is 24.3 Å². The largest absolute Gasteiger partial charge is 0.316 e. The molecule has 0 aliphatic rings. The summed E-state index contributed by atoms with van der Waals surface area (Å²) < 4.78 is 0. The lowest BCUT2D eigenvalue weighted by Crippen LogP contribution is -2.23. The maximum Gasteiger partial charge on any atom is 0.0715 e. The first-order chi connectivity index (χ1) is 6.25. The lowest BCUT2D eigenvalue weighted by Gasteiger charge is -2.14. The highest BCUT2D eigenvalue weighted by Gasteiger charge is 2.05. The average molecular weight is 190 g/mol. The molecule has 0 amide bonds. The maximum atomic E-state index is 3.61. The van der Waals surface area contributed by atoms with E-state index in [0.717, 1.165) is 13.1 Å². The molecule has 1 nitrogen and oxygen atoms in total. The van der Waals surface area contributed by atoms with Crippen molar-refractivity contribution in [2.24, 2.45) is 0 Å². The van der Waals surface area contributed by atoms with Gasteiger partial charge in [-0.05, 0) is 18.0 Å². The van der Waals surface area contributed by atoms with Crippen LogP contribution in [0.5, 0.6) is 0 Å². The van der Waals surface area contributed by atoms with Crippen molar-refractivity contribution >= 4 is 15.4 Å². The molecule has 69 valence electrons. The molecule has 0 fully saturated rings. The van der Waals surface area contributed by atoms with Crippen molar-refractivity contribution in [3.05, 3.63) is 29.8 Å². The number of benzene rings is 1. The van der Waals surface area contributed by atoms with E-state index in [1.54, 1.807) is 0 Å². The normalized spacial score (nSPS) is 12.8. The van der Waals surface area contributed by atoms with Crippen LogP contribution >= 0.6 is 0 Å². The van der Waals surface area contributed by atoms with Crippen LogP contribution in [0.2, 0.25) is 0 Å². The van der Waals surface area contributed by atoms with Gasteiger partial charge in [0.25, 0.3) is 0 Å². The minimum atomic E-state index is 0.564. The van der Waals surface area contributed by atoms with Gasteiger partial charge in [0.1, 0.15) is 0 Å². The van der Waals surface area contributed by atoms with E-state index in [4.69, 9.17) is 0 Å². The van der Waals surface area contributed by atoms with E-state index < -0.39 is 0 Å². The van der Waals surface area contributed by atoms with Gasteiger partial charge in [0, 0.05) is 6.54 Å². The molecule has 13 heavy (non-hydrogen) atoms. The molecule has 0 saturated heterocycles. The molecule has 0 aromatic heterocycles. The standard InChI is InChI=1S/C11H16NSi/c1-3-12-8-9(2)10-6-4-5-7-11(10)13/h4-7,9,12H,3,8H2,1-2H3. The van der Waals surface area contributed by atoms with Crippen LogP contribution in [0.3, 0.4) is 0 Å². The third kappa shape index (κ3) is 2.97. The highest BCUT2D eigenvalue weighted by molar-refractivity contribution is 6.33. The predicted molar refractivity (Wildman–Crippen MR) is 58.8 cm³/mol. The predicted octanol–water partition coefficient (Wildman–Crippen LogP) is 1.19. The number of nitrogens with one attached hydrogen (secondary N) is 1. The molecule has 1 rings (SSSR count).